The molecule has 5 nitrogen and oxygen atoms in total. The highest BCUT2D eigenvalue weighted by molar-refractivity contribution is 5.80. The zero-order valence-corrected chi connectivity index (χ0v) is 12.8. The summed E-state index contributed by atoms with van der Waals surface area (Å²) in [4.78, 5) is 16.2. The smallest absolute Gasteiger partial charge is 0.243 e. The molecule has 0 saturated carbocycles. The van der Waals surface area contributed by atoms with Crippen LogP contribution in [0.15, 0.2) is 12.5 Å². The van der Waals surface area contributed by atoms with E-state index in [0.717, 1.165) is 5.69 Å². The zero-order valence-electron chi connectivity index (χ0n) is 12.8. The molecule has 1 heterocycles. The van der Waals surface area contributed by atoms with Crippen molar-refractivity contribution in [3.63, 3.8) is 0 Å². The number of aromatic nitrogens is 2. The Balaban J connectivity index is 2.73. The lowest BCUT2D eigenvalue weighted by Crippen LogP contribution is -2.38. The summed E-state index contributed by atoms with van der Waals surface area (Å²) in [5.41, 5.74) is 1.06. The highest BCUT2D eigenvalue weighted by Crippen LogP contribution is 2.12. The minimum absolute atomic E-state index is 0.0185. The Morgan fingerprint density at radius 1 is 1.37 bits per heavy atom. The minimum atomic E-state index is -0.248. The van der Waals surface area contributed by atoms with Gasteiger partial charge in [-0.15, -0.1) is 0 Å². The van der Waals surface area contributed by atoms with Crippen molar-refractivity contribution in [3.8, 4) is 0 Å². The summed E-state index contributed by atoms with van der Waals surface area (Å²) in [7, 11) is 0. The Hall–Kier alpha value is -1.36. The van der Waals surface area contributed by atoms with Gasteiger partial charge in [-0.1, -0.05) is 0 Å². The maximum Gasteiger partial charge on any atom is 0.243 e. The summed E-state index contributed by atoms with van der Waals surface area (Å²) >= 11 is 0. The molecule has 0 fully saturated rings. The minimum Gasteiger partial charge on any atom is -0.352 e. The molecule has 2 N–H and O–H groups in total. The molecule has 1 rings (SSSR count). The molecule has 1 atom stereocenters. The van der Waals surface area contributed by atoms with E-state index in [1.54, 1.807) is 12.5 Å². The molecule has 0 aliphatic carbocycles. The van der Waals surface area contributed by atoms with Gasteiger partial charge in [0.25, 0.3) is 0 Å². The molecule has 0 aliphatic heterocycles. The van der Waals surface area contributed by atoms with Gasteiger partial charge in [0.1, 0.15) is 6.04 Å². The van der Waals surface area contributed by atoms with Crippen molar-refractivity contribution in [1.29, 1.82) is 0 Å². The van der Waals surface area contributed by atoms with E-state index >= 15 is 0 Å². The van der Waals surface area contributed by atoms with Crippen molar-refractivity contribution in [3.05, 3.63) is 18.2 Å². The third-order valence-corrected chi connectivity index (χ3v) is 2.77. The van der Waals surface area contributed by atoms with E-state index in [4.69, 9.17) is 0 Å². The van der Waals surface area contributed by atoms with E-state index in [-0.39, 0.29) is 23.5 Å². The van der Waals surface area contributed by atoms with Crippen molar-refractivity contribution in [2.24, 2.45) is 0 Å². The van der Waals surface area contributed by atoms with Crippen molar-refractivity contribution >= 4 is 5.91 Å². The first-order valence-corrected chi connectivity index (χ1v) is 6.77. The highest BCUT2D eigenvalue weighted by Gasteiger charge is 2.18. The molecule has 108 valence electrons. The Morgan fingerprint density at radius 2 is 2.00 bits per heavy atom. The molecule has 0 spiro atoms. The van der Waals surface area contributed by atoms with Crippen LogP contribution in [0.1, 0.15) is 53.3 Å². The maximum atomic E-state index is 12.0. The molecule has 0 bridgehead atoms. The predicted octanol–water partition coefficient (Wildman–Crippen LogP) is 1.86. The molecule has 1 aromatic rings. The van der Waals surface area contributed by atoms with Crippen LogP contribution in [0, 0.1) is 0 Å². The molecule has 1 aromatic heterocycles. The monoisotopic (exact) mass is 266 g/mol. The average molecular weight is 266 g/mol. The van der Waals surface area contributed by atoms with Crippen molar-refractivity contribution in [1.82, 2.24) is 20.2 Å². The number of carbonyl (C=O) groups is 1. The van der Waals surface area contributed by atoms with E-state index in [0.29, 0.717) is 6.54 Å². The number of rotatable bonds is 5. The quantitative estimate of drug-likeness (QED) is 0.855. The van der Waals surface area contributed by atoms with Crippen LogP contribution in [0.5, 0.6) is 0 Å². The van der Waals surface area contributed by atoms with Gasteiger partial charge in [-0.25, -0.2) is 4.98 Å². The number of imidazole rings is 1. The fourth-order valence-corrected chi connectivity index (χ4v) is 1.70. The first-order valence-electron chi connectivity index (χ1n) is 6.77. The van der Waals surface area contributed by atoms with Gasteiger partial charge >= 0.3 is 0 Å². The zero-order chi connectivity index (χ0) is 14.6. The number of carbonyl (C=O) groups excluding carboxylic acids is 1. The second kappa shape index (κ2) is 6.19. The number of nitrogens with one attached hydrogen (secondary N) is 2. The largest absolute Gasteiger partial charge is 0.352 e. The second-order valence-corrected chi connectivity index (χ2v) is 6.24. The molecule has 1 amide bonds. The standard InChI is InChI=1S/C14H26N4O/c1-10(2)17-13(19)11(3)18-9-15-7-12(18)8-16-14(4,5)6/h7,9-11,16H,8H2,1-6H3,(H,17,19). The van der Waals surface area contributed by atoms with Crippen LogP contribution in [-0.4, -0.2) is 27.0 Å². The van der Waals surface area contributed by atoms with Crippen LogP contribution < -0.4 is 10.6 Å². The van der Waals surface area contributed by atoms with Crippen LogP contribution in [0.4, 0.5) is 0 Å². The van der Waals surface area contributed by atoms with Gasteiger partial charge in [-0.3, -0.25) is 4.79 Å². The summed E-state index contributed by atoms with van der Waals surface area (Å²) in [6, 6.07) is -0.101. The van der Waals surface area contributed by atoms with E-state index in [1.807, 2.05) is 25.3 Å². The third kappa shape index (κ3) is 5.03. The van der Waals surface area contributed by atoms with E-state index < -0.39 is 0 Å². The molecule has 19 heavy (non-hydrogen) atoms. The highest BCUT2D eigenvalue weighted by atomic mass is 16.2. The lowest BCUT2D eigenvalue weighted by molar-refractivity contribution is -0.124. The first kappa shape index (κ1) is 15.7. The van der Waals surface area contributed by atoms with E-state index in [9.17, 15) is 4.79 Å². The number of hydrogen-bond acceptors (Lipinski definition) is 3. The Labute approximate surface area is 115 Å². The van der Waals surface area contributed by atoms with E-state index in [1.165, 1.54) is 0 Å². The van der Waals surface area contributed by atoms with Crippen LogP contribution in [0.2, 0.25) is 0 Å². The fourth-order valence-electron chi connectivity index (χ4n) is 1.70. The molecular weight excluding hydrogens is 240 g/mol. The normalized spacial score (nSPS) is 13.6. The van der Waals surface area contributed by atoms with Crippen molar-refractivity contribution in [2.75, 3.05) is 0 Å². The molecule has 0 aliphatic rings. The fraction of sp³-hybridized carbons (Fsp3) is 0.714. The number of hydrogen-bond donors (Lipinski definition) is 2. The summed E-state index contributed by atoms with van der Waals surface area (Å²) in [5.74, 6) is 0.0185. The lowest BCUT2D eigenvalue weighted by Gasteiger charge is -2.22. The molecule has 0 saturated heterocycles. The van der Waals surface area contributed by atoms with E-state index in [2.05, 4.69) is 36.4 Å². The number of amides is 1. The summed E-state index contributed by atoms with van der Waals surface area (Å²) in [6.07, 6.45) is 3.52. The van der Waals surface area contributed by atoms with Crippen LogP contribution in [0.25, 0.3) is 0 Å². The molecule has 0 radical (unpaired) electrons. The third-order valence-electron chi connectivity index (χ3n) is 2.77. The summed E-state index contributed by atoms with van der Waals surface area (Å²) in [5, 5.41) is 6.33. The molecular formula is C14H26N4O. The molecule has 5 heteroatoms. The average Bonchev–Trinajstić information content (AvgIpc) is 2.71. The predicted molar refractivity (Wildman–Crippen MR) is 76.8 cm³/mol. The van der Waals surface area contributed by atoms with Gasteiger partial charge in [0, 0.05) is 24.3 Å². The van der Waals surface area contributed by atoms with Gasteiger partial charge in [0.2, 0.25) is 5.91 Å². The first-order chi connectivity index (χ1) is 8.70. The van der Waals surface area contributed by atoms with Crippen LogP contribution in [0.3, 0.4) is 0 Å². The summed E-state index contributed by atoms with van der Waals surface area (Å²) < 4.78 is 1.91. The van der Waals surface area contributed by atoms with Crippen LogP contribution >= 0.6 is 0 Å². The van der Waals surface area contributed by atoms with Crippen molar-refractivity contribution in [2.45, 2.75) is 65.7 Å². The van der Waals surface area contributed by atoms with Gasteiger partial charge in [-0.05, 0) is 41.5 Å². The van der Waals surface area contributed by atoms with Gasteiger partial charge in [-0.2, -0.15) is 0 Å². The Bertz CT molecular complexity index is 417. The SMILES string of the molecule is CC(C)NC(=O)C(C)n1cncc1CNC(C)(C)C. The number of nitrogens with zero attached hydrogens (tertiary/aromatic N) is 2. The molecule has 1 unspecified atom stereocenters. The van der Waals surface area contributed by atoms with Gasteiger partial charge in [0.15, 0.2) is 0 Å². The topological polar surface area (TPSA) is 59.0 Å². The Morgan fingerprint density at radius 3 is 2.53 bits per heavy atom. The van der Waals surface area contributed by atoms with Crippen LogP contribution in [-0.2, 0) is 11.3 Å². The molecule has 0 aromatic carbocycles. The Kier molecular flexibility index (Phi) is 5.11. The van der Waals surface area contributed by atoms with Gasteiger partial charge in [0.05, 0.1) is 12.0 Å². The second-order valence-electron chi connectivity index (χ2n) is 6.24. The van der Waals surface area contributed by atoms with Gasteiger partial charge < -0.3 is 15.2 Å². The summed E-state index contributed by atoms with van der Waals surface area (Å²) in [6.45, 7) is 12.8. The van der Waals surface area contributed by atoms with Crippen molar-refractivity contribution < 1.29 is 4.79 Å². The maximum absolute atomic E-state index is 12.0. The lowest BCUT2D eigenvalue weighted by atomic mass is 10.1.